The predicted octanol–water partition coefficient (Wildman–Crippen LogP) is 3.57. The Hall–Kier alpha value is -2.24. The smallest absolute Gasteiger partial charge is 0.315 e. The first-order valence-electron chi connectivity index (χ1n) is 10.8. The van der Waals surface area contributed by atoms with E-state index in [1.165, 1.54) is 6.07 Å². The third-order valence-electron chi connectivity index (χ3n) is 6.52. The molecule has 2 aliphatic heterocycles. The van der Waals surface area contributed by atoms with Crippen molar-refractivity contribution >= 4 is 37.1 Å². The molecule has 2 aromatic heterocycles. The van der Waals surface area contributed by atoms with Crippen LogP contribution in [0.2, 0.25) is 18.1 Å². The number of morpholine rings is 1. The molecular formula is C20H31N5O5Si. The number of pyridine rings is 1. The van der Waals surface area contributed by atoms with E-state index in [1.807, 2.05) is 9.80 Å². The van der Waals surface area contributed by atoms with Crippen molar-refractivity contribution in [2.45, 2.75) is 51.4 Å². The fourth-order valence-electron chi connectivity index (χ4n) is 3.70. The lowest BCUT2D eigenvalue weighted by atomic mass is 10.2. The van der Waals surface area contributed by atoms with Gasteiger partial charge in [-0.05, 0) is 24.6 Å². The Labute approximate surface area is 182 Å². The highest BCUT2D eigenvalue weighted by atomic mass is 28.4. The van der Waals surface area contributed by atoms with E-state index >= 15 is 0 Å². The maximum Gasteiger partial charge on any atom is 0.315 e. The lowest BCUT2D eigenvalue weighted by molar-refractivity contribution is -0.384. The first-order chi connectivity index (χ1) is 14.5. The molecule has 170 valence electrons. The molecule has 31 heavy (non-hydrogen) atoms. The quantitative estimate of drug-likeness (QED) is 0.384. The molecule has 2 saturated heterocycles. The number of anilines is 2. The second-order valence-electron chi connectivity index (χ2n) is 9.74. The van der Waals surface area contributed by atoms with Gasteiger partial charge in [-0.1, -0.05) is 20.8 Å². The molecule has 2 aliphatic rings. The Bertz CT molecular complexity index is 967. The first-order valence-corrected chi connectivity index (χ1v) is 13.7. The van der Waals surface area contributed by atoms with Gasteiger partial charge in [-0.25, -0.2) is 4.98 Å². The molecule has 0 radical (unpaired) electrons. The van der Waals surface area contributed by atoms with Gasteiger partial charge in [0.15, 0.2) is 13.9 Å². The maximum absolute atomic E-state index is 11.8. The van der Waals surface area contributed by atoms with E-state index in [2.05, 4.69) is 43.8 Å². The second-order valence-corrected chi connectivity index (χ2v) is 14.5. The van der Waals surface area contributed by atoms with E-state index in [4.69, 9.17) is 13.6 Å². The van der Waals surface area contributed by atoms with Crippen LogP contribution in [-0.4, -0.2) is 68.7 Å². The summed E-state index contributed by atoms with van der Waals surface area (Å²) in [5, 5.41) is 11.9. The Balaban J connectivity index is 1.59. The Morgan fingerprint density at radius 1 is 1.19 bits per heavy atom. The highest BCUT2D eigenvalue weighted by molar-refractivity contribution is 6.74. The maximum atomic E-state index is 11.8. The number of nitrogens with zero attached hydrogens (tertiary/aromatic N) is 5. The van der Waals surface area contributed by atoms with Gasteiger partial charge in [-0.3, -0.25) is 10.1 Å². The Kier molecular flexibility index (Phi) is 5.69. The number of aromatic nitrogens is 2. The number of nitro groups is 1. The van der Waals surface area contributed by atoms with Gasteiger partial charge in [-0.15, -0.1) is 0 Å². The number of hydrogen-bond acceptors (Lipinski definition) is 9. The highest BCUT2D eigenvalue weighted by Gasteiger charge is 2.41. The molecule has 1 atom stereocenters. The molecule has 4 rings (SSSR count). The summed E-state index contributed by atoms with van der Waals surface area (Å²) in [6.07, 6.45) is 0.862. The van der Waals surface area contributed by atoms with Crippen LogP contribution in [0.5, 0.6) is 0 Å². The van der Waals surface area contributed by atoms with E-state index in [0.29, 0.717) is 62.5 Å². The SMILES string of the molecule is CC(C)(C)[Si](C)(C)O[C@@H]1CCN(c2nc3nc(N4CCOCC4)oc3cc2[N+](=O)[O-])C1. The van der Waals surface area contributed by atoms with Crippen LogP contribution >= 0.6 is 0 Å². The first kappa shape index (κ1) is 22.0. The van der Waals surface area contributed by atoms with Crippen LogP contribution in [0.15, 0.2) is 10.5 Å². The number of rotatable bonds is 5. The molecule has 10 nitrogen and oxygen atoms in total. The molecule has 0 unspecified atom stereocenters. The van der Waals surface area contributed by atoms with Crippen LogP contribution in [0.3, 0.4) is 0 Å². The fourth-order valence-corrected chi connectivity index (χ4v) is 5.08. The number of hydrogen-bond donors (Lipinski definition) is 0. The zero-order chi connectivity index (χ0) is 22.4. The van der Waals surface area contributed by atoms with Gasteiger partial charge in [0.2, 0.25) is 11.5 Å². The van der Waals surface area contributed by atoms with E-state index in [0.717, 1.165) is 6.42 Å². The van der Waals surface area contributed by atoms with Gasteiger partial charge in [0.1, 0.15) is 0 Å². The minimum atomic E-state index is -1.92. The third kappa shape index (κ3) is 4.39. The van der Waals surface area contributed by atoms with Crippen molar-refractivity contribution in [3.8, 4) is 0 Å². The van der Waals surface area contributed by atoms with E-state index in [-0.39, 0.29) is 16.8 Å². The lowest BCUT2D eigenvalue weighted by Crippen LogP contribution is -2.44. The number of oxazole rings is 1. The molecule has 0 bridgehead atoms. The van der Waals surface area contributed by atoms with Crippen molar-refractivity contribution in [1.29, 1.82) is 0 Å². The van der Waals surface area contributed by atoms with E-state index < -0.39 is 13.2 Å². The van der Waals surface area contributed by atoms with Crippen molar-refractivity contribution < 1.29 is 18.5 Å². The largest absolute Gasteiger partial charge is 0.421 e. The molecule has 4 heterocycles. The monoisotopic (exact) mass is 449 g/mol. The highest BCUT2D eigenvalue weighted by Crippen LogP contribution is 2.39. The zero-order valence-electron chi connectivity index (χ0n) is 18.9. The van der Waals surface area contributed by atoms with Gasteiger partial charge in [0.25, 0.3) is 6.01 Å². The minimum Gasteiger partial charge on any atom is -0.421 e. The molecule has 0 spiro atoms. The number of ether oxygens (including phenoxy) is 1. The van der Waals surface area contributed by atoms with Crippen LogP contribution in [0, 0.1) is 10.1 Å². The summed E-state index contributed by atoms with van der Waals surface area (Å²) >= 11 is 0. The molecule has 2 fully saturated rings. The molecule has 0 amide bonds. The van der Waals surface area contributed by atoms with Gasteiger partial charge < -0.3 is 23.4 Å². The fraction of sp³-hybridized carbons (Fsp3) is 0.700. The topological polar surface area (TPSA) is 107 Å². The van der Waals surface area contributed by atoms with Crippen LogP contribution < -0.4 is 9.80 Å². The second kappa shape index (κ2) is 8.03. The molecule has 0 saturated carbocycles. The Morgan fingerprint density at radius 3 is 2.55 bits per heavy atom. The summed E-state index contributed by atoms with van der Waals surface area (Å²) in [5.41, 5.74) is 0.645. The third-order valence-corrected chi connectivity index (χ3v) is 11.1. The average Bonchev–Trinajstić information content (AvgIpc) is 3.32. The summed E-state index contributed by atoms with van der Waals surface area (Å²) in [6, 6.07) is 1.87. The molecule has 0 aliphatic carbocycles. The summed E-state index contributed by atoms with van der Waals surface area (Å²) in [4.78, 5) is 24.4. The molecule has 11 heteroatoms. The van der Waals surface area contributed by atoms with Gasteiger partial charge in [0, 0.05) is 26.2 Å². The zero-order valence-corrected chi connectivity index (χ0v) is 19.9. The lowest BCUT2D eigenvalue weighted by Gasteiger charge is -2.38. The van der Waals surface area contributed by atoms with Crippen LogP contribution in [0.4, 0.5) is 17.5 Å². The standard InChI is InChI=1S/C20H31N5O5Si/c1-20(2,3)31(4,5)30-14-6-7-24(13-14)18-15(25(26)27)12-16-17(21-18)22-19(29-16)23-8-10-28-11-9-23/h12,14H,6-11,13H2,1-5H3/t14-/m1/s1. The molecule has 0 aromatic carbocycles. The molecule has 0 N–H and O–H groups in total. The van der Waals surface area contributed by atoms with Crippen LogP contribution in [0.1, 0.15) is 27.2 Å². The van der Waals surface area contributed by atoms with Crippen LogP contribution in [0.25, 0.3) is 11.2 Å². The summed E-state index contributed by atoms with van der Waals surface area (Å²) in [6.45, 7) is 14.9. The normalized spacial score (nSPS) is 20.6. The van der Waals surface area contributed by atoms with Crippen molar-refractivity contribution in [2.75, 3.05) is 49.2 Å². The summed E-state index contributed by atoms with van der Waals surface area (Å²) in [7, 11) is -1.92. The minimum absolute atomic E-state index is 0.0409. The molecular weight excluding hydrogens is 418 g/mol. The molecule has 2 aromatic rings. The van der Waals surface area contributed by atoms with E-state index in [9.17, 15) is 10.1 Å². The van der Waals surface area contributed by atoms with E-state index in [1.54, 1.807) is 0 Å². The van der Waals surface area contributed by atoms with Gasteiger partial charge in [0.05, 0.1) is 30.3 Å². The average molecular weight is 450 g/mol. The van der Waals surface area contributed by atoms with Crippen molar-refractivity contribution in [3.63, 3.8) is 0 Å². The van der Waals surface area contributed by atoms with Crippen molar-refractivity contribution in [3.05, 3.63) is 16.2 Å². The van der Waals surface area contributed by atoms with Crippen molar-refractivity contribution in [2.24, 2.45) is 0 Å². The van der Waals surface area contributed by atoms with Crippen LogP contribution in [-0.2, 0) is 9.16 Å². The Morgan fingerprint density at radius 2 is 1.90 bits per heavy atom. The van der Waals surface area contributed by atoms with Gasteiger partial charge in [-0.2, -0.15) is 4.98 Å². The summed E-state index contributed by atoms with van der Waals surface area (Å²) < 4.78 is 17.7. The van der Waals surface area contributed by atoms with Gasteiger partial charge >= 0.3 is 5.69 Å². The van der Waals surface area contributed by atoms with Crippen molar-refractivity contribution in [1.82, 2.24) is 9.97 Å². The summed E-state index contributed by atoms with van der Waals surface area (Å²) in [5.74, 6) is 0.334. The number of fused-ring (bicyclic) bond motifs is 1. The predicted molar refractivity (Wildman–Crippen MR) is 120 cm³/mol.